The molecule has 0 fully saturated rings. The highest BCUT2D eigenvalue weighted by atomic mass is 16.3. The molecule has 0 unspecified atom stereocenters. The first-order valence-electron chi connectivity index (χ1n) is 5.65. The summed E-state index contributed by atoms with van der Waals surface area (Å²) in [6.07, 6.45) is 1.56. The zero-order chi connectivity index (χ0) is 13.7. The van der Waals surface area contributed by atoms with Crippen molar-refractivity contribution in [3.05, 3.63) is 59.7 Å². The first kappa shape index (κ1) is 12.4. The third-order valence-electron chi connectivity index (χ3n) is 2.68. The molecule has 0 amide bonds. The third-order valence-corrected chi connectivity index (χ3v) is 2.68. The molecule has 2 aromatic carbocycles. The van der Waals surface area contributed by atoms with Gasteiger partial charge in [0.05, 0.1) is 0 Å². The van der Waals surface area contributed by atoms with Crippen LogP contribution in [0.5, 0.6) is 5.75 Å². The van der Waals surface area contributed by atoms with Gasteiger partial charge in [-0.15, -0.1) is 0 Å². The number of phenols is 1. The van der Waals surface area contributed by atoms with Crippen molar-refractivity contribution in [1.82, 2.24) is 0 Å². The fourth-order valence-corrected chi connectivity index (χ4v) is 1.77. The Kier molecular flexibility index (Phi) is 3.61. The minimum absolute atomic E-state index is 0.0613. The van der Waals surface area contributed by atoms with Gasteiger partial charge >= 0.3 is 0 Å². The van der Waals surface area contributed by atoms with Crippen molar-refractivity contribution in [2.75, 3.05) is 0 Å². The molecule has 0 atom stereocenters. The van der Waals surface area contributed by atoms with Crippen molar-refractivity contribution in [1.29, 1.82) is 10.5 Å². The number of nitriles is 2. The van der Waals surface area contributed by atoms with Gasteiger partial charge in [0.2, 0.25) is 0 Å². The molecule has 3 nitrogen and oxygen atoms in total. The minimum Gasteiger partial charge on any atom is -0.508 e. The Morgan fingerprint density at radius 1 is 0.947 bits per heavy atom. The monoisotopic (exact) mass is 246 g/mol. The molecule has 0 aliphatic heterocycles. The van der Waals surface area contributed by atoms with Gasteiger partial charge in [-0.25, -0.2) is 0 Å². The van der Waals surface area contributed by atoms with Gasteiger partial charge in [-0.05, 0) is 34.9 Å². The van der Waals surface area contributed by atoms with E-state index in [0.717, 1.165) is 16.7 Å². The van der Waals surface area contributed by atoms with Crippen molar-refractivity contribution < 1.29 is 5.11 Å². The molecule has 2 rings (SSSR count). The number of allylic oxidation sites excluding steroid dienone is 1. The maximum absolute atomic E-state index is 9.30. The second-order valence-electron chi connectivity index (χ2n) is 3.92. The molecule has 2 aromatic rings. The van der Waals surface area contributed by atoms with Gasteiger partial charge in [-0.3, -0.25) is 0 Å². The van der Waals surface area contributed by atoms with Crippen molar-refractivity contribution in [2.45, 2.75) is 0 Å². The highest BCUT2D eigenvalue weighted by Gasteiger charge is 2.04. The molecule has 0 aromatic heterocycles. The number of phenolic OH excluding ortho intramolecular Hbond substituents is 1. The SMILES string of the molecule is N#CC(C#N)=Cc1ccccc1-c1ccc(O)cc1. The Labute approximate surface area is 111 Å². The van der Waals surface area contributed by atoms with Crippen LogP contribution >= 0.6 is 0 Å². The molecule has 0 heterocycles. The fourth-order valence-electron chi connectivity index (χ4n) is 1.77. The summed E-state index contributed by atoms with van der Waals surface area (Å²) in [7, 11) is 0. The molecule has 0 saturated carbocycles. The second kappa shape index (κ2) is 5.53. The van der Waals surface area contributed by atoms with E-state index in [1.165, 1.54) is 0 Å². The van der Waals surface area contributed by atoms with Crippen LogP contribution in [-0.2, 0) is 0 Å². The van der Waals surface area contributed by atoms with E-state index in [2.05, 4.69) is 0 Å². The molecule has 0 bridgehead atoms. The molecular weight excluding hydrogens is 236 g/mol. The largest absolute Gasteiger partial charge is 0.508 e. The van der Waals surface area contributed by atoms with Gasteiger partial charge in [-0.1, -0.05) is 36.4 Å². The molecule has 0 spiro atoms. The predicted molar refractivity (Wildman–Crippen MR) is 72.7 cm³/mol. The summed E-state index contributed by atoms with van der Waals surface area (Å²) in [6, 6.07) is 18.0. The van der Waals surface area contributed by atoms with Crippen molar-refractivity contribution in [3.63, 3.8) is 0 Å². The smallest absolute Gasteiger partial charge is 0.130 e. The molecule has 3 heteroatoms. The number of aromatic hydroxyl groups is 1. The zero-order valence-electron chi connectivity index (χ0n) is 10.0. The maximum Gasteiger partial charge on any atom is 0.130 e. The van der Waals surface area contributed by atoms with Gasteiger partial charge in [0, 0.05) is 0 Å². The van der Waals surface area contributed by atoms with Crippen molar-refractivity contribution >= 4 is 6.08 Å². The molecule has 19 heavy (non-hydrogen) atoms. The van der Waals surface area contributed by atoms with Gasteiger partial charge in [0.25, 0.3) is 0 Å². The topological polar surface area (TPSA) is 67.8 Å². The molecular formula is C16H10N2O. The lowest BCUT2D eigenvalue weighted by molar-refractivity contribution is 0.475. The van der Waals surface area contributed by atoms with Crippen LogP contribution in [0.1, 0.15) is 5.56 Å². The Hall–Kier alpha value is -3.04. The second-order valence-corrected chi connectivity index (χ2v) is 3.92. The zero-order valence-corrected chi connectivity index (χ0v) is 10.0. The van der Waals surface area contributed by atoms with Crippen LogP contribution in [0.25, 0.3) is 17.2 Å². The van der Waals surface area contributed by atoms with E-state index in [9.17, 15) is 5.11 Å². The number of rotatable bonds is 2. The van der Waals surface area contributed by atoms with Gasteiger partial charge < -0.3 is 5.11 Å². The first-order valence-corrected chi connectivity index (χ1v) is 5.65. The highest BCUT2D eigenvalue weighted by Crippen LogP contribution is 2.26. The van der Waals surface area contributed by atoms with Crippen molar-refractivity contribution in [2.24, 2.45) is 0 Å². The molecule has 0 aliphatic rings. The summed E-state index contributed by atoms with van der Waals surface area (Å²) in [5, 5.41) is 26.9. The van der Waals surface area contributed by atoms with Crippen molar-refractivity contribution in [3.8, 4) is 29.0 Å². The number of hydrogen-bond acceptors (Lipinski definition) is 3. The summed E-state index contributed by atoms with van der Waals surface area (Å²) in [4.78, 5) is 0. The Balaban J connectivity index is 2.54. The molecule has 1 N–H and O–H groups in total. The third kappa shape index (κ3) is 2.80. The number of hydrogen-bond donors (Lipinski definition) is 1. The van der Waals surface area contributed by atoms with Crippen LogP contribution in [0.3, 0.4) is 0 Å². The summed E-state index contributed by atoms with van der Waals surface area (Å²) < 4.78 is 0. The lowest BCUT2D eigenvalue weighted by Gasteiger charge is -2.06. The Morgan fingerprint density at radius 2 is 1.58 bits per heavy atom. The predicted octanol–water partition coefficient (Wildman–Crippen LogP) is 3.49. The van der Waals surface area contributed by atoms with E-state index in [1.807, 2.05) is 36.4 Å². The van der Waals surface area contributed by atoms with E-state index in [1.54, 1.807) is 30.3 Å². The molecule has 0 saturated heterocycles. The number of nitrogens with zero attached hydrogens (tertiary/aromatic N) is 2. The van der Waals surface area contributed by atoms with E-state index in [4.69, 9.17) is 10.5 Å². The van der Waals surface area contributed by atoms with Crippen LogP contribution in [0.4, 0.5) is 0 Å². The quantitative estimate of drug-likeness (QED) is 0.824. The molecule has 0 radical (unpaired) electrons. The first-order chi connectivity index (χ1) is 9.24. The maximum atomic E-state index is 9.30. The van der Waals surface area contributed by atoms with E-state index in [-0.39, 0.29) is 11.3 Å². The summed E-state index contributed by atoms with van der Waals surface area (Å²) in [6.45, 7) is 0. The fraction of sp³-hybridized carbons (Fsp3) is 0. The Bertz CT molecular complexity index is 685. The molecule has 0 aliphatic carbocycles. The van der Waals surface area contributed by atoms with Gasteiger partial charge in [0.15, 0.2) is 0 Å². The lowest BCUT2D eigenvalue weighted by atomic mass is 9.98. The van der Waals surface area contributed by atoms with E-state index < -0.39 is 0 Å². The summed E-state index contributed by atoms with van der Waals surface area (Å²) in [5.74, 6) is 0.200. The van der Waals surface area contributed by atoms with Crippen LogP contribution in [0.15, 0.2) is 54.1 Å². The average Bonchev–Trinajstić information content (AvgIpc) is 2.46. The van der Waals surface area contributed by atoms with Crippen LogP contribution in [-0.4, -0.2) is 5.11 Å². The normalized spacial score (nSPS) is 9.16. The van der Waals surface area contributed by atoms with Gasteiger partial charge in [-0.2, -0.15) is 10.5 Å². The standard InChI is InChI=1S/C16H10N2O/c17-10-12(11-18)9-14-3-1-2-4-16(14)13-5-7-15(19)8-6-13/h1-9,19H. The van der Waals surface area contributed by atoms with Gasteiger partial charge in [0.1, 0.15) is 23.5 Å². The highest BCUT2D eigenvalue weighted by molar-refractivity contribution is 5.78. The van der Waals surface area contributed by atoms with Crippen LogP contribution in [0, 0.1) is 22.7 Å². The Morgan fingerprint density at radius 3 is 2.21 bits per heavy atom. The number of benzene rings is 2. The van der Waals surface area contributed by atoms with E-state index >= 15 is 0 Å². The summed E-state index contributed by atoms with van der Waals surface area (Å²) in [5.41, 5.74) is 2.68. The van der Waals surface area contributed by atoms with Crippen LogP contribution < -0.4 is 0 Å². The minimum atomic E-state index is 0.0613. The van der Waals surface area contributed by atoms with E-state index in [0.29, 0.717) is 0 Å². The summed E-state index contributed by atoms with van der Waals surface area (Å²) >= 11 is 0. The molecule has 90 valence electrons. The van der Waals surface area contributed by atoms with Crippen LogP contribution in [0.2, 0.25) is 0 Å². The average molecular weight is 246 g/mol. The lowest BCUT2D eigenvalue weighted by Crippen LogP contribution is -1.84.